The van der Waals surface area contributed by atoms with Gasteiger partial charge in [0.15, 0.2) is 17.2 Å². The van der Waals surface area contributed by atoms with Gasteiger partial charge < -0.3 is 5.32 Å². The third-order valence-corrected chi connectivity index (χ3v) is 4.29. The van der Waals surface area contributed by atoms with Crippen LogP contribution in [0, 0.1) is 5.82 Å². The van der Waals surface area contributed by atoms with Gasteiger partial charge in [0.25, 0.3) is 18.8 Å². The van der Waals surface area contributed by atoms with Crippen molar-refractivity contribution in [3.05, 3.63) is 77.1 Å². The third kappa shape index (κ3) is 4.37. The molecule has 0 saturated carbocycles. The quantitative estimate of drug-likeness (QED) is 0.459. The molecule has 1 amide bonds. The van der Waals surface area contributed by atoms with Gasteiger partial charge in [0.2, 0.25) is 0 Å². The van der Waals surface area contributed by atoms with E-state index in [1.54, 1.807) is 18.3 Å². The molecule has 1 aromatic carbocycles. The van der Waals surface area contributed by atoms with Crippen molar-refractivity contribution < 1.29 is 26.7 Å². The molecule has 0 fully saturated rings. The topological polar surface area (TPSA) is 77.1 Å². The highest BCUT2D eigenvalue weighted by Gasteiger charge is 2.22. The number of halogens is 5. The number of aromatic nitrogens is 5. The number of anilines is 1. The molecule has 3 aromatic heterocycles. The van der Waals surface area contributed by atoms with Crippen molar-refractivity contribution in [2.24, 2.45) is 0 Å². The Morgan fingerprint density at radius 3 is 2.42 bits per heavy atom. The molecule has 12 heteroatoms. The predicted octanol–water partition coefficient (Wildman–Crippen LogP) is 4.24. The lowest BCUT2D eigenvalue weighted by Crippen LogP contribution is -2.14. The largest absolute Gasteiger partial charge is 0.304 e. The first-order chi connectivity index (χ1) is 14.8. The van der Waals surface area contributed by atoms with Crippen molar-refractivity contribution in [1.82, 2.24) is 24.4 Å². The maximum atomic E-state index is 13.2. The van der Waals surface area contributed by atoms with E-state index in [-0.39, 0.29) is 23.0 Å². The van der Waals surface area contributed by atoms with Crippen molar-refractivity contribution >= 4 is 17.4 Å². The van der Waals surface area contributed by atoms with Crippen LogP contribution in [0.1, 0.15) is 40.3 Å². The maximum Gasteiger partial charge on any atom is 0.280 e. The van der Waals surface area contributed by atoms with E-state index < -0.39 is 30.1 Å². The number of nitrogens with zero attached hydrogens (tertiary/aromatic N) is 5. The van der Waals surface area contributed by atoms with E-state index >= 15 is 0 Å². The zero-order valence-corrected chi connectivity index (χ0v) is 15.5. The summed E-state index contributed by atoms with van der Waals surface area (Å²) in [7, 11) is 0. The minimum atomic E-state index is -3.10. The number of benzene rings is 1. The van der Waals surface area contributed by atoms with Gasteiger partial charge in [0.1, 0.15) is 17.2 Å². The SMILES string of the molecule is O=C(Nc1ccn(Cc2ccc(F)cc2)n1)c1cc2nc(C(F)F)cc(C(F)F)n2n1. The van der Waals surface area contributed by atoms with E-state index in [0.717, 1.165) is 11.6 Å². The summed E-state index contributed by atoms with van der Waals surface area (Å²) in [6, 6.07) is 8.88. The Kier molecular flexibility index (Phi) is 5.36. The summed E-state index contributed by atoms with van der Waals surface area (Å²) in [6.45, 7) is 0.322. The molecule has 1 N–H and O–H groups in total. The van der Waals surface area contributed by atoms with Crippen LogP contribution in [0.25, 0.3) is 5.65 Å². The second kappa shape index (κ2) is 8.13. The molecular formula is C19H13F5N6O. The highest BCUT2D eigenvalue weighted by Crippen LogP contribution is 2.25. The van der Waals surface area contributed by atoms with Crippen LogP contribution in [0.2, 0.25) is 0 Å². The molecule has 0 unspecified atom stereocenters. The van der Waals surface area contributed by atoms with Gasteiger partial charge in [-0.3, -0.25) is 9.48 Å². The molecule has 0 atom stereocenters. The van der Waals surface area contributed by atoms with E-state index in [9.17, 15) is 26.7 Å². The molecule has 4 rings (SSSR count). The number of rotatable bonds is 6. The monoisotopic (exact) mass is 436 g/mol. The van der Waals surface area contributed by atoms with Crippen molar-refractivity contribution in [2.75, 3.05) is 5.32 Å². The molecule has 3 heterocycles. The summed E-state index contributed by atoms with van der Waals surface area (Å²) in [5, 5.41) is 10.4. The third-order valence-electron chi connectivity index (χ3n) is 4.29. The summed E-state index contributed by atoms with van der Waals surface area (Å²) >= 11 is 0. The van der Waals surface area contributed by atoms with Crippen molar-refractivity contribution in [3.63, 3.8) is 0 Å². The fourth-order valence-electron chi connectivity index (χ4n) is 2.87. The number of fused-ring (bicyclic) bond motifs is 1. The van der Waals surface area contributed by atoms with Crippen molar-refractivity contribution in [3.8, 4) is 0 Å². The molecule has 7 nitrogen and oxygen atoms in total. The summed E-state index contributed by atoms with van der Waals surface area (Å²) < 4.78 is 67.4. The Balaban J connectivity index is 1.54. The van der Waals surface area contributed by atoms with Crippen molar-refractivity contribution in [1.29, 1.82) is 0 Å². The minimum Gasteiger partial charge on any atom is -0.304 e. The number of hydrogen-bond donors (Lipinski definition) is 1. The van der Waals surface area contributed by atoms with E-state index in [1.165, 1.54) is 22.9 Å². The highest BCUT2D eigenvalue weighted by atomic mass is 19.3. The first-order valence-corrected chi connectivity index (χ1v) is 8.86. The van der Waals surface area contributed by atoms with Gasteiger partial charge in [-0.1, -0.05) is 12.1 Å². The second-order valence-electron chi connectivity index (χ2n) is 6.49. The van der Waals surface area contributed by atoms with Crippen molar-refractivity contribution in [2.45, 2.75) is 19.4 Å². The van der Waals surface area contributed by atoms with Crippen LogP contribution in [0.15, 0.2) is 48.7 Å². The standard InChI is InChI=1S/C19H13F5N6O/c20-11-3-1-10(2-4-11)9-29-6-5-15(28-29)26-19(31)13-8-16-25-12(17(21)22)7-14(18(23)24)30(16)27-13/h1-8,17-18H,9H2,(H,26,28,31). The number of alkyl halides is 4. The van der Waals surface area contributed by atoms with Gasteiger partial charge in [-0.15, -0.1) is 0 Å². The summed E-state index contributed by atoms with van der Waals surface area (Å²) in [5.41, 5.74) is -1.46. The Labute approximate surface area is 171 Å². The van der Waals surface area contributed by atoms with Gasteiger partial charge in [-0.25, -0.2) is 31.5 Å². The molecule has 0 spiro atoms. The van der Waals surface area contributed by atoms with Crippen LogP contribution in [-0.2, 0) is 6.54 Å². The summed E-state index contributed by atoms with van der Waals surface area (Å²) in [5.74, 6) is -0.995. The van der Waals surface area contributed by atoms with E-state index in [0.29, 0.717) is 17.1 Å². The number of amides is 1. The predicted molar refractivity (Wildman–Crippen MR) is 98.6 cm³/mol. The smallest absolute Gasteiger partial charge is 0.280 e. The van der Waals surface area contributed by atoms with E-state index in [2.05, 4.69) is 20.5 Å². The fraction of sp³-hybridized carbons (Fsp3) is 0.158. The minimum absolute atomic E-state index is 0.152. The molecule has 0 bridgehead atoms. The lowest BCUT2D eigenvalue weighted by Gasteiger charge is -2.06. The van der Waals surface area contributed by atoms with Crippen LogP contribution < -0.4 is 5.32 Å². The molecule has 0 aliphatic carbocycles. The Bertz CT molecular complexity index is 1230. The molecule has 0 aliphatic rings. The lowest BCUT2D eigenvalue weighted by molar-refractivity contribution is 0.102. The van der Waals surface area contributed by atoms with Gasteiger partial charge in [-0.05, 0) is 23.8 Å². The molecule has 31 heavy (non-hydrogen) atoms. The average Bonchev–Trinajstić information content (AvgIpc) is 3.35. The Hall–Kier alpha value is -3.83. The summed E-state index contributed by atoms with van der Waals surface area (Å²) in [4.78, 5) is 16.0. The number of carbonyl (C=O) groups is 1. The van der Waals surface area contributed by atoms with Gasteiger partial charge >= 0.3 is 0 Å². The highest BCUT2D eigenvalue weighted by molar-refractivity contribution is 6.02. The van der Waals surface area contributed by atoms with E-state index in [4.69, 9.17) is 0 Å². The average molecular weight is 436 g/mol. The maximum absolute atomic E-state index is 13.2. The first-order valence-electron chi connectivity index (χ1n) is 8.86. The molecular weight excluding hydrogens is 423 g/mol. The van der Waals surface area contributed by atoms with Gasteiger partial charge in [0.05, 0.1) is 6.54 Å². The van der Waals surface area contributed by atoms with Crippen LogP contribution in [0.3, 0.4) is 0 Å². The Morgan fingerprint density at radius 2 is 1.74 bits per heavy atom. The van der Waals surface area contributed by atoms with Crippen LogP contribution in [-0.4, -0.2) is 30.3 Å². The molecule has 0 aliphatic heterocycles. The fourth-order valence-corrected chi connectivity index (χ4v) is 2.87. The van der Waals surface area contributed by atoms with Gasteiger partial charge in [-0.2, -0.15) is 10.2 Å². The first kappa shape index (κ1) is 20.4. The summed E-state index contributed by atoms with van der Waals surface area (Å²) in [6.07, 6.45) is -4.57. The number of nitrogens with one attached hydrogen (secondary N) is 1. The van der Waals surface area contributed by atoms with Crippen LogP contribution in [0.4, 0.5) is 27.8 Å². The Morgan fingerprint density at radius 1 is 1.00 bits per heavy atom. The number of hydrogen-bond acceptors (Lipinski definition) is 4. The molecule has 4 aromatic rings. The lowest BCUT2D eigenvalue weighted by atomic mass is 10.2. The normalized spacial score (nSPS) is 11.6. The van der Waals surface area contributed by atoms with E-state index in [1.807, 2.05) is 0 Å². The zero-order chi connectivity index (χ0) is 22.1. The number of carbonyl (C=O) groups excluding carboxylic acids is 1. The zero-order valence-electron chi connectivity index (χ0n) is 15.5. The van der Waals surface area contributed by atoms with Crippen LogP contribution >= 0.6 is 0 Å². The van der Waals surface area contributed by atoms with Gasteiger partial charge in [0, 0.05) is 18.3 Å². The molecule has 0 radical (unpaired) electrons. The molecule has 0 saturated heterocycles. The molecule has 160 valence electrons. The van der Waals surface area contributed by atoms with Crippen LogP contribution in [0.5, 0.6) is 0 Å². The second-order valence-corrected chi connectivity index (χ2v) is 6.49.